The molecular weight excluding hydrogens is 248 g/mol. The summed E-state index contributed by atoms with van der Waals surface area (Å²) in [6, 6.07) is 0. The van der Waals surface area contributed by atoms with E-state index in [9.17, 15) is 0 Å². The molecule has 0 amide bonds. The van der Waals surface area contributed by atoms with Gasteiger partial charge in [-0.1, -0.05) is 52.4 Å². The minimum atomic E-state index is 0.690. The van der Waals surface area contributed by atoms with Gasteiger partial charge in [0.15, 0.2) is 6.73 Å². The molecule has 0 aliphatic carbocycles. The zero-order valence-electron chi connectivity index (χ0n) is 13.5. The molecule has 3 nitrogen and oxygen atoms in total. The number of hydrogen-bond acceptors (Lipinski definition) is 1. The highest BCUT2D eigenvalue weighted by molar-refractivity contribution is 4.65. The third-order valence-electron chi connectivity index (χ3n) is 3.65. The molecule has 116 valence electrons. The molecule has 1 heterocycles. The molecule has 0 bridgehead atoms. The van der Waals surface area contributed by atoms with Crippen molar-refractivity contribution < 1.29 is 9.30 Å². The lowest BCUT2D eigenvalue weighted by molar-refractivity contribution is -0.732. The molecule has 0 unspecified atom stereocenters. The first-order chi connectivity index (χ1) is 9.86. The molecule has 20 heavy (non-hydrogen) atoms. The molecule has 3 heteroatoms. The molecule has 0 aromatic carbocycles. The molecule has 0 saturated heterocycles. The van der Waals surface area contributed by atoms with Crippen LogP contribution in [0, 0.1) is 0 Å². The Labute approximate surface area is 125 Å². The second kappa shape index (κ2) is 12.0. The van der Waals surface area contributed by atoms with Gasteiger partial charge in [-0.2, -0.15) is 0 Å². The van der Waals surface area contributed by atoms with Crippen LogP contribution in [-0.4, -0.2) is 11.2 Å². The topological polar surface area (TPSA) is 18.0 Å². The minimum Gasteiger partial charge on any atom is -0.342 e. The lowest BCUT2D eigenvalue weighted by Gasteiger charge is -2.01. The van der Waals surface area contributed by atoms with Gasteiger partial charge >= 0.3 is 0 Å². The van der Waals surface area contributed by atoms with Crippen LogP contribution in [-0.2, 0) is 18.0 Å². The van der Waals surface area contributed by atoms with E-state index in [0.29, 0.717) is 6.73 Å². The number of aryl methyl sites for hydroxylation is 1. The summed E-state index contributed by atoms with van der Waals surface area (Å²) < 4.78 is 10.1. The van der Waals surface area contributed by atoms with Crippen molar-refractivity contribution in [3.8, 4) is 0 Å². The third-order valence-corrected chi connectivity index (χ3v) is 3.65. The Balaban J connectivity index is 2.02. The van der Waals surface area contributed by atoms with E-state index in [2.05, 4.69) is 41.7 Å². The van der Waals surface area contributed by atoms with Gasteiger partial charge in [0.25, 0.3) is 0 Å². The quantitative estimate of drug-likeness (QED) is 0.389. The van der Waals surface area contributed by atoms with Crippen molar-refractivity contribution in [3.05, 3.63) is 18.7 Å². The van der Waals surface area contributed by atoms with Crippen molar-refractivity contribution in [2.45, 2.75) is 84.9 Å². The van der Waals surface area contributed by atoms with E-state index in [-0.39, 0.29) is 0 Å². The predicted molar refractivity (Wildman–Crippen MR) is 83.5 cm³/mol. The summed E-state index contributed by atoms with van der Waals surface area (Å²) in [6.45, 7) is 7.21. The van der Waals surface area contributed by atoms with E-state index in [1.807, 2.05) is 0 Å². The van der Waals surface area contributed by atoms with Gasteiger partial charge in [-0.3, -0.25) is 0 Å². The molecule has 0 atom stereocenters. The monoisotopic (exact) mass is 281 g/mol. The highest BCUT2D eigenvalue weighted by Crippen LogP contribution is 2.02. The summed E-state index contributed by atoms with van der Waals surface area (Å²) in [5.41, 5.74) is 0. The second-order valence-corrected chi connectivity index (χ2v) is 5.68. The minimum absolute atomic E-state index is 0.690. The Kier molecular flexibility index (Phi) is 10.3. The maximum Gasteiger partial charge on any atom is 0.245 e. The number of unbranched alkanes of at least 4 members (excludes halogenated alkanes) is 7. The molecule has 0 spiro atoms. The van der Waals surface area contributed by atoms with E-state index in [1.54, 1.807) is 0 Å². The van der Waals surface area contributed by atoms with Gasteiger partial charge in [-0.05, 0) is 19.3 Å². The number of hydrogen-bond donors (Lipinski definition) is 0. The van der Waals surface area contributed by atoms with Gasteiger partial charge in [0.1, 0.15) is 12.4 Å². The molecular formula is C17H33N2O+. The Hall–Kier alpha value is -0.830. The van der Waals surface area contributed by atoms with Crippen LogP contribution in [0.4, 0.5) is 0 Å². The summed E-state index contributed by atoms with van der Waals surface area (Å²) in [6.07, 6.45) is 18.2. The fourth-order valence-corrected chi connectivity index (χ4v) is 2.35. The Morgan fingerprint density at radius 2 is 1.60 bits per heavy atom. The first-order valence-corrected chi connectivity index (χ1v) is 8.49. The first-order valence-electron chi connectivity index (χ1n) is 8.49. The standard InChI is InChI=1S/C17H33N2O/c1-3-5-7-9-11-15-20-17-19-14-13-18(16-19)12-10-8-6-4-2/h13-14,16H,3-12,15,17H2,1-2H3/q+1. The normalized spacial score (nSPS) is 11.1. The van der Waals surface area contributed by atoms with Crippen LogP contribution in [0.1, 0.15) is 71.6 Å². The van der Waals surface area contributed by atoms with Crippen molar-refractivity contribution in [2.24, 2.45) is 0 Å². The second-order valence-electron chi connectivity index (χ2n) is 5.68. The SMILES string of the molecule is CCCCCCCOC[n+]1ccn(CCCCCC)c1. The molecule has 0 aliphatic rings. The molecule has 0 radical (unpaired) electrons. The van der Waals surface area contributed by atoms with E-state index in [1.165, 1.54) is 57.8 Å². The van der Waals surface area contributed by atoms with Crippen LogP contribution < -0.4 is 4.57 Å². The van der Waals surface area contributed by atoms with Crippen LogP contribution in [0.15, 0.2) is 18.7 Å². The zero-order chi connectivity index (χ0) is 14.5. The van der Waals surface area contributed by atoms with Crippen LogP contribution >= 0.6 is 0 Å². The fourth-order valence-electron chi connectivity index (χ4n) is 2.35. The molecule has 0 fully saturated rings. The van der Waals surface area contributed by atoms with Gasteiger partial charge in [0.05, 0.1) is 13.2 Å². The molecule has 0 aliphatic heterocycles. The summed E-state index contributed by atoms with van der Waals surface area (Å²) in [5, 5.41) is 0. The van der Waals surface area contributed by atoms with Crippen LogP contribution in [0.3, 0.4) is 0 Å². The molecule has 1 aromatic rings. The summed E-state index contributed by atoms with van der Waals surface area (Å²) >= 11 is 0. The maximum atomic E-state index is 5.71. The highest BCUT2D eigenvalue weighted by Gasteiger charge is 2.03. The first kappa shape index (κ1) is 17.2. The fraction of sp³-hybridized carbons (Fsp3) is 0.824. The van der Waals surface area contributed by atoms with Crippen LogP contribution in [0.2, 0.25) is 0 Å². The van der Waals surface area contributed by atoms with Gasteiger partial charge in [0.2, 0.25) is 6.33 Å². The van der Waals surface area contributed by atoms with Crippen molar-refractivity contribution in [3.63, 3.8) is 0 Å². The van der Waals surface area contributed by atoms with Gasteiger partial charge in [0, 0.05) is 0 Å². The number of imidazole rings is 1. The number of nitrogens with zero attached hydrogens (tertiary/aromatic N) is 2. The van der Waals surface area contributed by atoms with Gasteiger partial charge in [-0.25, -0.2) is 9.13 Å². The van der Waals surface area contributed by atoms with E-state index in [0.717, 1.165) is 13.2 Å². The average Bonchev–Trinajstić information content (AvgIpc) is 2.90. The number of ether oxygens (including phenoxy) is 1. The van der Waals surface area contributed by atoms with E-state index >= 15 is 0 Å². The number of aromatic nitrogens is 2. The Morgan fingerprint density at radius 3 is 2.35 bits per heavy atom. The van der Waals surface area contributed by atoms with Gasteiger partial charge in [-0.15, -0.1) is 0 Å². The lowest BCUT2D eigenvalue weighted by atomic mass is 10.2. The maximum absolute atomic E-state index is 5.71. The molecule has 1 rings (SSSR count). The smallest absolute Gasteiger partial charge is 0.245 e. The van der Waals surface area contributed by atoms with E-state index in [4.69, 9.17) is 4.74 Å². The van der Waals surface area contributed by atoms with Crippen LogP contribution in [0.5, 0.6) is 0 Å². The summed E-state index contributed by atoms with van der Waals surface area (Å²) in [7, 11) is 0. The van der Waals surface area contributed by atoms with E-state index < -0.39 is 0 Å². The highest BCUT2D eigenvalue weighted by atomic mass is 16.5. The number of rotatable bonds is 13. The van der Waals surface area contributed by atoms with Crippen molar-refractivity contribution in [1.29, 1.82) is 0 Å². The molecule has 0 saturated carbocycles. The van der Waals surface area contributed by atoms with Crippen molar-refractivity contribution in [2.75, 3.05) is 6.61 Å². The van der Waals surface area contributed by atoms with Crippen molar-refractivity contribution in [1.82, 2.24) is 4.57 Å². The molecule has 1 aromatic heterocycles. The zero-order valence-corrected chi connectivity index (χ0v) is 13.5. The van der Waals surface area contributed by atoms with Crippen molar-refractivity contribution >= 4 is 0 Å². The largest absolute Gasteiger partial charge is 0.342 e. The molecule has 0 N–H and O–H groups in total. The average molecular weight is 281 g/mol. The lowest BCUT2D eigenvalue weighted by Crippen LogP contribution is -2.32. The summed E-state index contributed by atoms with van der Waals surface area (Å²) in [4.78, 5) is 0. The third kappa shape index (κ3) is 8.36. The predicted octanol–water partition coefficient (Wildman–Crippen LogP) is 4.30. The Bertz CT molecular complexity index is 323. The van der Waals surface area contributed by atoms with Crippen LogP contribution in [0.25, 0.3) is 0 Å². The summed E-state index contributed by atoms with van der Waals surface area (Å²) in [5.74, 6) is 0. The Morgan fingerprint density at radius 1 is 0.900 bits per heavy atom. The van der Waals surface area contributed by atoms with Gasteiger partial charge < -0.3 is 4.74 Å².